The van der Waals surface area contributed by atoms with Crippen LogP contribution in [0.4, 0.5) is 0 Å². The van der Waals surface area contributed by atoms with Gasteiger partial charge in [0.05, 0.1) is 7.11 Å². The number of methoxy groups -OCH3 is 1. The minimum absolute atomic E-state index is 0.0201. The molecule has 0 amide bonds. The van der Waals surface area contributed by atoms with Crippen LogP contribution in [-0.2, 0) is 25.4 Å². The standard InChI is InChI=1S/C26H32O10/c1-5-6-7-8-9-10-16-11-17-14(2)18(32-4)12-19(21(17)25(31)34-16)35-26-24(30)23(29)22(28)20(36-26)13-33-15(3)27/h5-10,12,16,20,22-24,26,28-30H,11,13H2,1-4H3/b6-5+,8-7+,10-9+/t16-,20-,22-,23+,24-,26-/m1/s1. The number of aliphatic hydroxyl groups is 3. The zero-order valence-electron chi connectivity index (χ0n) is 20.6. The molecule has 0 aliphatic carbocycles. The topological polar surface area (TPSA) is 141 Å². The molecule has 0 unspecified atom stereocenters. The molecule has 6 atom stereocenters. The maximum atomic E-state index is 13.0. The summed E-state index contributed by atoms with van der Waals surface area (Å²) in [7, 11) is 1.48. The van der Waals surface area contributed by atoms with Gasteiger partial charge in [0.2, 0.25) is 6.29 Å². The molecule has 2 aliphatic rings. The Hall–Kier alpha value is -3.18. The third kappa shape index (κ3) is 6.14. The highest BCUT2D eigenvalue weighted by molar-refractivity contribution is 5.96. The van der Waals surface area contributed by atoms with Crippen LogP contribution < -0.4 is 9.47 Å². The van der Waals surface area contributed by atoms with Crippen molar-refractivity contribution in [3.05, 3.63) is 59.2 Å². The number of carbonyl (C=O) groups excluding carboxylic acids is 2. The van der Waals surface area contributed by atoms with Crippen molar-refractivity contribution in [3.63, 3.8) is 0 Å². The molecule has 36 heavy (non-hydrogen) atoms. The molecule has 2 heterocycles. The van der Waals surface area contributed by atoms with Gasteiger partial charge in [-0.1, -0.05) is 30.4 Å². The molecule has 1 aromatic carbocycles. The molecule has 0 spiro atoms. The summed E-state index contributed by atoms with van der Waals surface area (Å²) < 4.78 is 27.4. The normalized spacial score (nSPS) is 28.4. The van der Waals surface area contributed by atoms with Crippen LogP contribution in [0.1, 0.15) is 35.3 Å². The molecule has 0 bridgehead atoms. The van der Waals surface area contributed by atoms with Crippen molar-refractivity contribution in [1.82, 2.24) is 0 Å². The van der Waals surface area contributed by atoms with E-state index < -0.39 is 48.7 Å². The lowest BCUT2D eigenvalue weighted by Crippen LogP contribution is -2.60. The summed E-state index contributed by atoms with van der Waals surface area (Å²) in [4.78, 5) is 24.2. The minimum atomic E-state index is -1.66. The van der Waals surface area contributed by atoms with Crippen LogP contribution in [0.25, 0.3) is 0 Å². The van der Waals surface area contributed by atoms with Crippen LogP contribution in [0.5, 0.6) is 11.5 Å². The predicted octanol–water partition coefficient (Wildman–Crippen LogP) is 1.52. The number of carbonyl (C=O) groups is 2. The molecule has 1 saturated heterocycles. The Kier molecular flexibility index (Phi) is 9.27. The van der Waals surface area contributed by atoms with Gasteiger partial charge < -0.3 is 39.0 Å². The maximum absolute atomic E-state index is 13.0. The van der Waals surface area contributed by atoms with E-state index in [1.165, 1.54) is 20.1 Å². The summed E-state index contributed by atoms with van der Waals surface area (Å²) >= 11 is 0. The lowest BCUT2D eigenvalue weighted by Gasteiger charge is -2.40. The molecule has 3 rings (SSSR count). The van der Waals surface area contributed by atoms with E-state index >= 15 is 0 Å². The summed E-state index contributed by atoms with van der Waals surface area (Å²) in [5.74, 6) is -0.778. The van der Waals surface area contributed by atoms with Gasteiger partial charge in [0.25, 0.3) is 0 Å². The third-order valence-corrected chi connectivity index (χ3v) is 5.93. The van der Waals surface area contributed by atoms with E-state index in [1.54, 1.807) is 12.2 Å². The van der Waals surface area contributed by atoms with E-state index in [0.29, 0.717) is 17.7 Å². The number of allylic oxidation sites excluding steroid dienone is 5. The van der Waals surface area contributed by atoms with Crippen molar-refractivity contribution in [2.75, 3.05) is 13.7 Å². The Morgan fingerprint density at radius 2 is 1.83 bits per heavy atom. The average molecular weight is 505 g/mol. The van der Waals surface area contributed by atoms with E-state index in [1.807, 2.05) is 38.2 Å². The van der Waals surface area contributed by atoms with Crippen LogP contribution in [0, 0.1) is 6.92 Å². The monoisotopic (exact) mass is 504 g/mol. The van der Waals surface area contributed by atoms with Crippen molar-refractivity contribution in [1.29, 1.82) is 0 Å². The maximum Gasteiger partial charge on any atom is 0.342 e. The van der Waals surface area contributed by atoms with E-state index in [4.69, 9.17) is 23.7 Å². The molecule has 0 radical (unpaired) electrons. The number of esters is 2. The van der Waals surface area contributed by atoms with E-state index in [9.17, 15) is 24.9 Å². The smallest absolute Gasteiger partial charge is 0.342 e. The molecular formula is C26H32O10. The minimum Gasteiger partial charge on any atom is -0.496 e. The Labute approximate surface area is 209 Å². The molecule has 3 N–H and O–H groups in total. The highest BCUT2D eigenvalue weighted by Crippen LogP contribution is 2.39. The number of cyclic esters (lactones) is 1. The van der Waals surface area contributed by atoms with Gasteiger partial charge in [0.1, 0.15) is 54.2 Å². The summed E-state index contributed by atoms with van der Waals surface area (Å²) in [5, 5.41) is 31.0. The van der Waals surface area contributed by atoms with Crippen molar-refractivity contribution in [2.45, 2.75) is 64.0 Å². The summed E-state index contributed by atoms with van der Waals surface area (Å²) in [5.41, 5.74) is 1.53. The average Bonchev–Trinajstić information content (AvgIpc) is 2.84. The second kappa shape index (κ2) is 12.2. The molecule has 10 heteroatoms. The largest absolute Gasteiger partial charge is 0.496 e. The zero-order chi connectivity index (χ0) is 26.4. The molecule has 10 nitrogen and oxygen atoms in total. The molecule has 1 aromatic rings. The SMILES string of the molecule is C/C=C/C=C/C=C/[C@@H]1Cc2c(C)c(OC)cc(O[C@@H]3O[C@H](COC(C)=O)[C@@H](O)[C@H](O)[C@H]3O)c2C(=O)O1. The molecule has 0 aromatic heterocycles. The Balaban J connectivity index is 1.90. The zero-order valence-corrected chi connectivity index (χ0v) is 20.6. The number of rotatable bonds is 8. The molecule has 2 aliphatic heterocycles. The number of fused-ring (bicyclic) bond motifs is 1. The van der Waals surface area contributed by atoms with Gasteiger partial charge in [-0.15, -0.1) is 0 Å². The molecule has 0 saturated carbocycles. The number of aliphatic hydroxyl groups excluding tert-OH is 3. The van der Waals surface area contributed by atoms with Crippen molar-refractivity contribution in [3.8, 4) is 11.5 Å². The van der Waals surface area contributed by atoms with Gasteiger partial charge >= 0.3 is 11.9 Å². The van der Waals surface area contributed by atoms with Gasteiger partial charge in [-0.05, 0) is 31.1 Å². The van der Waals surface area contributed by atoms with Gasteiger partial charge in [0, 0.05) is 19.4 Å². The summed E-state index contributed by atoms with van der Waals surface area (Å²) in [6, 6.07) is 1.47. The van der Waals surface area contributed by atoms with Crippen LogP contribution in [-0.4, -0.2) is 77.8 Å². The first-order chi connectivity index (χ1) is 17.2. The quantitative estimate of drug-likeness (QED) is 0.352. The van der Waals surface area contributed by atoms with Gasteiger partial charge in [0.15, 0.2) is 0 Å². The lowest BCUT2D eigenvalue weighted by atomic mass is 9.92. The van der Waals surface area contributed by atoms with Gasteiger partial charge in [-0.2, -0.15) is 0 Å². The lowest BCUT2D eigenvalue weighted by molar-refractivity contribution is -0.278. The Morgan fingerprint density at radius 3 is 2.50 bits per heavy atom. The van der Waals surface area contributed by atoms with E-state index in [0.717, 1.165) is 5.56 Å². The number of hydrogen-bond acceptors (Lipinski definition) is 10. The van der Waals surface area contributed by atoms with Crippen molar-refractivity contribution >= 4 is 11.9 Å². The number of hydrogen-bond donors (Lipinski definition) is 3. The van der Waals surface area contributed by atoms with Crippen LogP contribution in [0.15, 0.2) is 42.5 Å². The van der Waals surface area contributed by atoms with Crippen LogP contribution >= 0.6 is 0 Å². The van der Waals surface area contributed by atoms with Gasteiger partial charge in [-0.25, -0.2) is 4.79 Å². The highest BCUT2D eigenvalue weighted by Gasteiger charge is 2.46. The van der Waals surface area contributed by atoms with Gasteiger partial charge in [-0.3, -0.25) is 4.79 Å². The second-order valence-corrected chi connectivity index (χ2v) is 8.43. The van der Waals surface area contributed by atoms with E-state index in [-0.39, 0.29) is 17.9 Å². The first-order valence-corrected chi connectivity index (χ1v) is 11.5. The van der Waals surface area contributed by atoms with Crippen molar-refractivity contribution < 1.29 is 48.6 Å². The number of benzene rings is 1. The van der Waals surface area contributed by atoms with Crippen LogP contribution in [0.2, 0.25) is 0 Å². The number of ether oxygens (including phenoxy) is 5. The highest BCUT2D eigenvalue weighted by atomic mass is 16.7. The van der Waals surface area contributed by atoms with Crippen molar-refractivity contribution in [2.24, 2.45) is 0 Å². The summed E-state index contributed by atoms with van der Waals surface area (Å²) in [6.45, 7) is 4.54. The molecular weight excluding hydrogens is 472 g/mol. The Morgan fingerprint density at radius 1 is 1.11 bits per heavy atom. The third-order valence-electron chi connectivity index (χ3n) is 5.93. The first kappa shape index (κ1) is 27.4. The van der Waals surface area contributed by atoms with Crippen LogP contribution in [0.3, 0.4) is 0 Å². The molecule has 196 valence electrons. The van der Waals surface area contributed by atoms with E-state index in [2.05, 4.69) is 0 Å². The Bertz CT molecular complexity index is 1040. The fraction of sp³-hybridized carbons (Fsp3) is 0.462. The molecule has 1 fully saturated rings. The predicted molar refractivity (Wildman–Crippen MR) is 128 cm³/mol. The fourth-order valence-electron chi connectivity index (χ4n) is 4.02. The first-order valence-electron chi connectivity index (χ1n) is 11.5. The fourth-order valence-corrected chi connectivity index (χ4v) is 4.02. The second-order valence-electron chi connectivity index (χ2n) is 8.43. The summed E-state index contributed by atoms with van der Waals surface area (Å²) in [6.07, 6.45) is 3.36.